The van der Waals surface area contributed by atoms with Crippen molar-refractivity contribution in [3.05, 3.63) is 29.6 Å². The second-order valence-electron chi connectivity index (χ2n) is 4.88. The summed E-state index contributed by atoms with van der Waals surface area (Å²) in [5.41, 5.74) is 2.62. The first-order valence-corrected chi connectivity index (χ1v) is 6.45. The van der Waals surface area contributed by atoms with E-state index in [4.69, 9.17) is 0 Å². The lowest BCUT2D eigenvalue weighted by atomic mass is 10.1. The number of halogens is 3. The number of nitrogens with zero attached hydrogens (tertiary/aromatic N) is 2. The van der Waals surface area contributed by atoms with Crippen molar-refractivity contribution in [3.8, 4) is 0 Å². The molecule has 0 saturated carbocycles. The van der Waals surface area contributed by atoms with E-state index in [2.05, 4.69) is 10.4 Å². The molecule has 2 heterocycles. The van der Waals surface area contributed by atoms with Crippen molar-refractivity contribution in [2.45, 2.75) is 44.9 Å². The van der Waals surface area contributed by atoms with Crippen molar-refractivity contribution in [2.75, 3.05) is 0 Å². The molecule has 2 rings (SSSR count). The SMILES string of the molecule is C[C@H]1CCCC(=O)N1NCc1ccc(C(F)(F)F)cn1. The van der Waals surface area contributed by atoms with E-state index in [1.165, 1.54) is 6.07 Å². The Hall–Kier alpha value is -1.63. The molecule has 0 bridgehead atoms. The first kappa shape index (κ1) is 14.8. The summed E-state index contributed by atoms with van der Waals surface area (Å²) in [4.78, 5) is 15.5. The van der Waals surface area contributed by atoms with Gasteiger partial charge in [-0.1, -0.05) is 0 Å². The van der Waals surface area contributed by atoms with Crippen LogP contribution in [0.4, 0.5) is 13.2 Å². The number of carbonyl (C=O) groups excluding carboxylic acids is 1. The van der Waals surface area contributed by atoms with Gasteiger partial charge in [0.15, 0.2) is 0 Å². The molecule has 1 aromatic rings. The Bertz CT molecular complexity index is 473. The zero-order chi connectivity index (χ0) is 14.8. The minimum Gasteiger partial charge on any atom is -0.275 e. The van der Waals surface area contributed by atoms with Gasteiger partial charge in [-0.15, -0.1) is 0 Å². The number of rotatable bonds is 3. The Labute approximate surface area is 115 Å². The van der Waals surface area contributed by atoms with Crippen LogP contribution in [0.1, 0.15) is 37.4 Å². The fraction of sp³-hybridized carbons (Fsp3) is 0.538. The molecule has 20 heavy (non-hydrogen) atoms. The average molecular weight is 287 g/mol. The summed E-state index contributed by atoms with van der Waals surface area (Å²) in [5, 5.41) is 1.54. The zero-order valence-electron chi connectivity index (χ0n) is 11.1. The quantitative estimate of drug-likeness (QED) is 0.929. The van der Waals surface area contributed by atoms with Crippen LogP contribution in [0.2, 0.25) is 0 Å². The van der Waals surface area contributed by atoms with Crippen LogP contribution in [0.25, 0.3) is 0 Å². The van der Waals surface area contributed by atoms with E-state index >= 15 is 0 Å². The summed E-state index contributed by atoms with van der Waals surface area (Å²) in [6, 6.07) is 2.39. The average Bonchev–Trinajstić information content (AvgIpc) is 2.37. The standard InChI is InChI=1S/C13H16F3N3O/c1-9-3-2-4-12(20)19(9)18-8-11-6-5-10(7-17-11)13(14,15)16/h5-7,9,18H,2-4,8H2,1H3/t9-/m0/s1. The van der Waals surface area contributed by atoms with Crippen LogP contribution in [0, 0.1) is 0 Å². The fourth-order valence-electron chi connectivity index (χ4n) is 2.15. The maximum atomic E-state index is 12.4. The number of alkyl halides is 3. The van der Waals surface area contributed by atoms with Crippen LogP contribution in [-0.2, 0) is 17.5 Å². The monoisotopic (exact) mass is 287 g/mol. The van der Waals surface area contributed by atoms with E-state index in [-0.39, 0.29) is 18.5 Å². The van der Waals surface area contributed by atoms with Gasteiger partial charge in [-0.05, 0) is 31.9 Å². The number of pyridine rings is 1. The van der Waals surface area contributed by atoms with Gasteiger partial charge in [-0.25, -0.2) is 5.43 Å². The minimum absolute atomic E-state index is 0.00987. The third kappa shape index (κ3) is 3.47. The van der Waals surface area contributed by atoms with Gasteiger partial charge in [0.25, 0.3) is 0 Å². The van der Waals surface area contributed by atoms with E-state index in [9.17, 15) is 18.0 Å². The largest absolute Gasteiger partial charge is 0.417 e. The van der Waals surface area contributed by atoms with Crippen molar-refractivity contribution in [1.29, 1.82) is 0 Å². The molecule has 1 N–H and O–H groups in total. The van der Waals surface area contributed by atoms with Crippen LogP contribution in [0.5, 0.6) is 0 Å². The topological polar surface area (TPSA) is 45.2 Å². The van der Waals surface area contributed by atoms with Crippen LogP contribution < -0.4 is 5.43 Å². The smallest absolute Gasteiger partial charge is 0.275 e. The highest BCUT2D eigenvalue weighted by atomic mass is 19.4. The summed E-state index contributed by atoms with van der Waals surface area (Å²) < 4.78 is 37.2. The number of hydrogen-bond donors (Lipinski definition) is 1. The first-order chi connectivity index (χ1) is 9.38. The van der Waals surface area contributed by atoms with Gasteiger partial charge in [0.1, 0.15) is 0 Å². The molecular formula is C13H16F3N3O. The van der Waals surface area contributed by atoms with Crippen LogP contribution >= 0.6 is 0 Å². The summed E-state index contributed by atoms with van der Waals surface area (Å²) in [5.74, 6) is 0.00987. The molecule has 0 unspecified atom stereocenters. The summed E-state index contributed by atoms with van der Waals surface area (Å²) >= 11 is 0. The third-order valence-corrected chi connectivity index (χ3v) is 3.30. The molecule has 110 valence electrons. The minimum atomic E-state index is -4.38. The lowest BCUT2D eigenvalue weighted by Gasteiger charge is -2.33. The number of hydrogen-bond acceptors (Lipinski definition) is 3. The van der Waals surface area contributed by atoms with Gasteiger partial charge < -0.3 is 0 Å². The lowest BCUT2D eigenvalue weighted by Crippen LogP contribution is -2.50. The van der Waals surface area contributed by atoms with E-state index in [1.54, 1.807) is 5.01 Å². The van der Waals surface area contributed by atoms with Gasteiger partial charge in [0, 0.05) is 18.7 Å². The molecule has 0 spiro atoms. The van der Waals surface area contributed by atoms with Crippen LogP contribution in [0.15, 0.2) is 18.3 Å². The highest BCUT2D eigenvalue weighted by molar-refractivity contribution is 5.76. The zero-order valence-corrected chi connectivity index (χ0v) is 11.1. The predicted molar refractivity (Wildman–Crippen MR) is 66.2 cm³/mol. The number of aromatic nitrogens is 1. The normalized spacial score (nSPS) is 20.3. The van der Waals surface area contributed by atoms with E-state index in [1.807, 2.05) is 6.92 Å². The number of carbonyl (C=O) groups is 1. The molecule has 1 aliphatic rings. The molecule has 1 fully saturated rings. The van der Waals surface area contributed by atoms with Gasteiger partial charge >= 0.3 is 6.18 Å². The number of amides is 1. The highest BCUT2D eigenvalue weighted by Crippen LogP contribution is 2.28. The highest BCUT2D eigenvalue weighted by Gasteiger charge is 2.30. The van der Waals surface area contributed by atoms with Crippen molar-refractivity contribution < 1.29 is 18.0 Å². The molecule has 4 nitrogen and oxygen atoms in total. The number of nitrogens with one attached hydrogen (secondary N) is 1. The lowest BCUT2D eigenvalue weighted by molar-refractivity contribution is -0.140. The van der Waals surface area contributed by atoms with Crippen molar-refractivity contribution >= 4 is 5.91 Å². The Balaban J connectivity index is 1.95. The van der Waals surface area contributed by atoms with Gasteiger partial charge in [-0.2, -0.15) is 13.2 Å². The third-order valence-electron chi connectivity index (χ3n) is 3.30. The summed E-state index contributed by atoms with van der Waals surface area (Å²) in [6.07, 6.45) is -1.29. The van der Waals surface area contributed by atoms with E-state index in [0.29, 0.717) is 12.1 Å². The number of hydrazine groups is 1. The van der Waals surface area contributed by atoms with Crippen molar-refractivity contribution in [1.82, 2.24) is 15.4 Å². The van der Waals surface area contributed by atoms with Gasteiger partial charge in [0.05, 0.1) is 17.8 Å². The van der Waals surface area contributed by atoms with E-state index in [0.717, 1.165) is 25.1 Å². The first-order valence-electron chi connectivity index (χ1n) is 6.45. The van der Waals surface area contributed by atoms with E-state index < -0.39 is 11.7 Å². The van der Waals surface area contributed by atoms with Crippen LogP contribution in [0.3, 0.4) is 0 Å². The summed E-state index contributed by atoms with van der Waals surface area (Å²) in [6.45, 7) is 2.17. The molecule has 0 radical (unpaired) electrons. The molecule has 0 aliphatic carbocycles. The molecule has 1 amide bonds. The number of piperidine rings is 1. The molecule has 1 saturated heterocycles. The maximum Gasteiger partial charge on any atom is 0.417 e. The molecule has 1 aromatic heterocycles. The maximum absolute atomic E-state index is 12.4. The Kier molecular flexibility index (Phi) is 4.27. The summed E-state index contributed by atoms with van der Waals surface area (Å²) in [7, 11) is 0. The van der Waals surface area contributed by atoms with Gasteiger partial charge in [-0.3, -0.25) is 14.8 Å². The molecule has 0 aromatic carbocycles. The van der Waals surface area contributed by atoms with Crippen molar-refractivity contribution in [2.24, 2.45) is 0 Å². The fourth-order valence-corrected chi connectivity index (χ4v) is 2.15. The Morgan fingerprint density at radius 2 is 2.20 bits per heavy atom. The van der Waals surface area contributed by atoms with Crippen LogP contribution in [-0.4, -0.2) is 21.9 Å². The van der Waals surface area contributed by atoms with Crippen molar-refractivity contribution in [3.63, 3.8) is 0 Å². The Morgan fingerprint density at radius 3 is 2.75 bits per heavy atom. The molecular weight excluding hydrogens is 271 g/mol. The predicted octanol–water partition coefficient (Wildman–Crippen LogP) is 2.51. The second-order valence-corrected chi connectivity index (χ2v) is 4.88. The second kappa shape index (κ2) is 5.78. The molecule has 1 atom stereocenters. The molecule has 7 heteroatoms. The Morgan fingerprint density at radius 1 is 1.45 bits per heavy atom. The molecule has 1 aliphatic heterocycles. The van der Waals surface area contributed by atoms with Gasteiger partial charge in [0.2, 0.25) is 5.91 Å².